The van der Waals surface area contributed by atoms with Gasteiger partial charge in [-0.15, -0.1) is 21.5 Å². The van der Waals surface area contributed by atoms with Gasteiger partial charge in [-0.1, -0.05) is 55.1 Å². The van der Waals surface area contributed by atoms with Gasteiger partial charge in [0.2, 0.25) is 5.16 Å². The summed E-state index contributed by atoms with van der Waals surface area (Å²) >= 11 is 3.05. The molecule has 4 rings (SSSR count). The molecule has 0 bridgehead atoms. The first kappa shape index (κ1) is 20.4. The summed E-state index contributed by atoms with van der Waals surface area (Å²) in [5.74, 6) is 6.82. The Bertz CT molecular complexity index is 1130. The van der Waals surface area contributed by atoms with Gasteiger partial charge in [-0.3, -0.25) is 0 Å². The molecule has 0 saturated heterocycles. The van der Waals surface area contributed by atoms with Crippen LogP contribution in [0.25, 0.3) is 10.6 Å². The SMILES string of the molecule is CCc1ccc(-c2nc(CSc3nnc(COc4ccccc4F)n3N)cs2)cc1. The van der Waals surface area contributed by atoms with Gasteiger partial charge in [0.05, 0.1) is 5.69 Å². The van der Waals surface area contributed by atoms with E-state index >= 15 is 0 Å². The number of para-hydroxylation sites is 1. The van der Waals surface area contributed by atoms with E-state index in [4.69, 9.17) is 15.6 Å². The van der Waals surface area contributed by atoms with Crippen molar-refractivity contribution in [2.75, 3.05) is 5.84 Å². The van der Waals surface area contributed by atoms with E-state index in [1.807, 2.05) is 5.38 Å². The van der Waals surface area contributed by atoms with Gasteiger partial charge in [-0.05, 0) is 24.1 Å². The lowest BCUT2D eigenvalue weighted by molar-refractivity contribution is 0.277. The molecule has 0 aliphatic rings. The van der Waals surface area contributed by atoms with E-state index in [9.17, 15) is 4.39 Å². The summed E-state index contributed by atoms with van der Waals surface area (Å²) in [4.78, 5) is 4.71. The number of thioether (sulfide) groups is 1. The maximum Gasteiger partial charge on any atom is 0.210 e. The third-order valence-corrected chi connectivity index (χ3v) is 6.36. The number of nitrogens with two attached hydrogens (primary N) is 1. The van der Waals surface area contributed by atoms with Crippen molar-refractivity contribution in [1.82, 2.24) is 19.9 Å². The smallest absolute Gasteiger partial charge is 0.210 e. The fraction of sp³-hybridized carbons (Fsp3) is 0.190. The van der Waals surface area contributed by atoms with Crippen molar-refractivity contribution in [1.29, 1.82) is 0 Å². The molecule has 0 radical (unpaired) electrons. The first-order valence-electron chi connectivity index (χ1n) is 9.37. The maximum atomic E-state index is 13.7. The minimum Gasteiger partial charge on any atom is -0.482 e. The Balaban J connectivity index is 1.36. The van der Waals surface area contributed by atoms with E-state index < -0.39 is 5.82 Å². The Morgan fingerprint density at radius 2 is 1.93 bits per heavy atom. The number of halogens is 1. The number of nitrogens with zero attached hydrogens (tertiary/aromatic N) is 4. The third-order valence-electron chi connectivity index (χ3n) is 4.44. The first-order chi connectivity index (χ1) is 14.6. The summed E-state index contributed by atoms with van der Waals surface area (Å²) < 4.78 is 20.5. The second-order valence-electron chi connectivity index (χ2n) is 6.47. The lowest BCUT2D eigenvalue weighted by atomic mass is 10.1. The van der Waals surface area contributed by atoms with Crippen LogP contribution in [0.5, 0.6) is 5.75 Å². The summed E-state index contributed by atoms with van der Waals surface area (Å²) in [7, 11) is 0. The van der Waals surface area contributed by atoms with Crippen LogP contribution < -0.4 is 10.6 Å². The van der Waals surface area contributed by atoms with Crippen LogP contribution in [0, 0.1) is 5.82 Å². The highest BCUT2D eigenvalue weighted by Crippen LogP contribution is 2.27. The second kappa shape index (κ2) is 9.27. The molecule has 0 atom stereocenters. The summed E-state index contributed by atoms with van der Waals surface area (Å²) in [5, 5.41) is 11.7. The van der Waals surface area contributed by atoms with Gasteiger partial charge in [-0.25, -0.2) is 14.1 Å². The van der Waals surface area contributed by atoms with E-state index in [2.05, 4.69) is 41.4 Å². The quantitative estimate of drug-likeness (QED) is 0.316. The molecule has 154 valence electrons. The Morgan fingerprint density at radius 3 is 2.70 bits per heavy atom. The molecule has 0 spiro atoms. The number of aryl methyl sites for hydroxylation is 1. The molecule has 2 N–H and O–H groups in total. The molecule has 6 nitrogen and oxygen atoms in total. The van der Waals surface area contributed by atoms with Gasteiger partial charge >= 0.3 is 0 Å². The topological polar surface area (TPSA) is 78.9 Å². The molecule has 0 fully saturated rings. The molecule has 2 aromatic carbocycles. The van der Waals surface area contributed by atoms with Crippen LogP contribution in [0.3, 0.4) is 0 Å². The standard InChI is InChI=1S/C21H20FN5OS2/c1-2-14-7-9-15(10-8-14)20-24-16(12-29-20)13-30-21-26-25-19(27(21)23)11-28-18-6-4-3-5-17(18)22/h3-10,12H,2,11,13,23H2,1H3. The van der Waals surface area contributed by atoms with Gasteiger partial charge in [0.15, 0.2) is 17.4 Å². The Labute approximate surface area is 181 Å². The molecule has 4 aromatic rings. The summed E-state index contributed by atoms with van der Waals surface area (Å²) in [5.41, 5.74) is 3.37. The minimum atomic E-state index is -0.432. The van der Waals surface area contributed by atoms with Crippen LogP contribution in [0.2, 0.25) is 0 Å². The van der Waals surface area contributed by atoms with Crippen molar-refractivity contribution >= 4 is 23.1 Å². The van der Waals surface area contributed by atoms with Crippen LogP contribution >= 0.6 is 23.1 Å². The monoisotopic (exact) mass is 441 g/mol. The number of thiazole rings is 1. The van der Waals surface area contributed by atoms with Crippen LogP contribution in [0.4, 0.5) is 4.39 Å². The molecule has 0 aliphatic carbocycles. The van der Waals surface area contributed by atoms with Crippen molar-refractivity contribution in [3.63, 3.8) is 0 Å². The van der Waals surface area contributed by atoms with Crippen molar-refractivity contribution in [2.45, 2.75) is 30.9 Å². The Kier molecular flexibility index (Phi) is 6.29. The van der Waals surface area contributed by atoms with E-state index in [0.29, 0.717) is 16.7 Å². The number of benzene rings is 2. The average molecular weight is 442 g/mol. The van der Waals surface area contributed by atoms with Gasteiger partial charge in [0.25, 0.3) is 0 Å². The molecule has 2 aromatic heterocycles. The Hall–Kier alpha value is -2.91. The normalized spacial score (nSPS) is 11.0. The number of rotatable bonds is 8. The summed E-state index contributed by atoms with van der Waals surface area (Å²) in [6.07, 6.45) is 1.02. The van der Waals surface area contributed by atoms with Gasteiger partial charge in [-0.2, -0.15) is 0 Å². The van der Waals surface area contributed by atoms with Crippen molar-refractivity contribution in [3.8, 4) is 16.3 Å². The highest BCUT2D eigenvalue weighted by atomic mass is 32.2. The zero-order chi connectivity index (χ0) is 20.9. The molecule has 9 heteroatoms. The first-order valence-corrected chi connectivity index (χ1v) is 11.2. The largest absolute Gasteiger partial charge is 0.482 e. The lowest BCUT2D eigenvalue weighted by Crippen LogP contribution is -2.16. The number of aromatic nitrogens is 4. The second-order valence-corrected chi connectivity index (χ2v) is 8.27. The highest BCUT2D eigenvalue weighted by Gasteiger charge is 2.13. The van der Waals surface area contributed by atoms with Crippen LogP contribution in [0.15, 0.2) is 59.1 Å². The van der Waals surface area contributed by atoms with Crippen LogP contribution in [-0.4, -0.2) is 19.9 Å². The zero-order valence-corrected chi connectivity index (χ0v) is 17.9. The van der Waals surface area contributed by atoms with E-state index in [0.717, 1.165) is 22.7 Å². The van der Waals surface area contributed by atoms with Crippen LogP contribution in [0.1, 0.15) is 24.0 Å². The molecular formula is C21H20FN5OS2. The van der Waals surface area contributed by atoms with Crippen molar-refractivity contribution < 1.29 is 9.13 Å². The highest BCUT2D eigenvalue weighted by molar-refractivity contribution is 7.98. The average Bonchev–Trinajstić information content (AvgIpc) is 3.38. The molecule has 30 heavy (non-hydrogen) atoms. The van der Waals surface area contributed by atoms with Gasteiger partial charge < -0.3 is 10.6 Å². The molecule has 0 amide bonds. The van der Waals surface area contributed by atoms with Crippen LogP contribution in [-0.2, 0) is 18.8 Å². The molecule has 0 aliphatic heterocycles. The molecule has 0 unspecified atom stereocenters. The zero-order valence-electron chi connectivity index (χ0n) is 16.3. The molecular weight excluding hydrogens is 421 g/mol. The van der Waals surface area contributed by atoms with E-state index in [1.165, 1.54) is 28.1 Å². The predicted molar refractivity (Wildman–Crippen MR) is 117 cm³/mol. The van der Waals surface area contributed by atoms with E-state index in [-0.39, 0.29) is 12.4 Å². The molecule has 0 saturated carbocycles. The third kappa shape index (κ3) is 4.63. The number of nitrogen functional groups attached to an aromatic ring is 1. The predicted octanol–water partition coefficient (Wildman–Crippen LogP) is 4.69. The summed E-state index contributed by atoms with van der Waals surface area (Å²) in [6, 6.07) is 14.7. The maximum absolute atomic E-state index is 13.7. The van der Waals surface area contributed by atoms with Crippen molar-refractivity contribution in [2.24, 2.45) is 0 Å². The summed E-state index contributed by atoms with van der Waals surface area (Å²) in [6.45, 7) is 2.17. The molecule has 2 heterocycles. The number of hydrogen-bond acceptors (Lipinski definition) is 7. The fourth-order valence-electron chi connectivity index (χ4n) is 2.74. The minimum absolute atomic E-state index is 0.0274. The fourth-order valence-corrected chi connectivity index (χ4v) is 4.43. The number of ether oxygens (including phenoxy) is 1. The van der Waals surface area contributed by atoms with E-state index in [1.54, 1.807) is 29.5 Å². The van der Waals surface area contributed by atoms with Gasteiger partial charge in [0, 0.05) is 16.7 Å². The Morgan fingerprint density at radius 1 is 1.13 bits per heavy atom. The lowest BCUT2D eigenvalue weighted by Gasteiger charge is -2.06. The van der Waals surface area contributed by atoms with Crippen molar-refractivity contribution in [3.05, 3.63) is 76.8 Å². The van der Waals surface area contributed by atoms with Gasteiger partial charge in [0.1, 0.15) is 11.6 Å². The number of hydrogen-bond donors (Lipinski definition) is 1.